The van der Waals surface area contributed by atoms with E-state index in [9.17, 15) is 4.79 Å². The van der Waals surface area contributed by atoms with Gasteiger partial charge in [-0.2, -0.15) is 0 Å². The Balaban J connectivity index is 1.86. The molecule has 1 aromatic carbocycles. The Hall–Kier alpha value is -2.57. The Kier molecular flexibility index (Phi) is 3.70. The molecule has 1 aromatic heterocycles. The van der Waals surface area contributed by atoms with E-state index in [1.165, 1.54) is 0 Å². The van der Waals surface area contributed by atoms with Gasteiger partial charge in [0.05, 0.1) is 20.8 Å². The fourth-order valence-corrected chi connectivity index (χ4v) is 2.59. The molecule has 0 aliphatic carbocycles. The van der Waals surface area contributed by atoms with Gasteiger partial charge >= 0.3 is 0 Å². The predicted molar refractivity (Wildman–Crippen MR) is 79.0 cm³/mol. The van der Waals surface area contributed by atoms with Crippen molar-refractivity contribution in [3.63, 3.8) is 0 Å². The van der Waals surface area contributed by atoms with E-state index in [1.807, 2.05) is 11.5 Å². The van der Waals surface area contributed by atoms with Crippen LogP contribution in [0.1, 0.15) is 22.0 Å². The van der Waals surface area contributed by atoms with E-state index in [4.69, 9.17) is 9.47 Å². The van der Waals surface area contributed by atoms with Crippen molar-refractivity contribution in [2.75, 3.05) is 20.8 Å². The largest absolute Gasteiger partial charge is 0.497 e. The Morgan fingerprint density at radius 3 is 2.41 bits per heavy atom. The van der Waals surface area contributed by atoms with Crippen LogP contribution in [0.3, 0.4) is 0 Å². The number of benzene rings is 1. The first-order valence-electron chi connectivity index (χ1n) is 7.03. The van der Waals surface area contributed by atoms with Gasteiger partial charge in [0.1, 0.15) is 17.3 Å². The van der Waals surface area contributed by atoms with Gasteiger partial charge in [-0.15, -0.1) is 10.2 Å². The monoisotopic (exact) mass is 302 g/mol. The van der Waals surface area contributed by atoms with Gasteiger partial charge in [-0.1, -0.05) is 0 Å². The summed E-state index contributed by atoms with van der Waals surface area (Å²) < 4.78 is 12.5. The topological polar surface area (TPSA) is 69.5 Å². The molecule has 1 aliphatic heterocycles. The second kappa shape index (κ2) is 5.67. The molecule has 0 N–H and O–H groups in total. The number of hydrogen-bond acceptors (Lipinski definition) is 5. The summed E-state index contributed by atoms with van der Waals surface area (Å²) in [5, 5.41) is 8.17. The molecule has 2 heterocycles. The van der Waals surface area contributed by atoms with Gasteiger partial charge in [0.2, 0.25) is 0 Å². The maximum atomic E-state index is 12.7. The number of fused-ring (bicyclic) bond motifs is 1. The first kappa shape index (κ1) is 14.4. The smallest absolute Gasteiger partial charge is 0.254 e. The van der Waals surface area contributed by atoms with Crippen LogP contribution in [0, 0.1) is 6.92 Å². The minimum atomic E-state index is -0.0656. The molecular weight excluding hydrogens is 284 g/mol. The summed E-state index contributed by atoms with van der Waals surface area (Å²) in [7, 11) is 3.13. The van der Waals surface area contributed by atoms with Crippen LogP contribution in [0.15, 0.2) is 18.2 Å². The third kappa shape index (κ3) is 2.49. The summed E-state index contributed by atoms with van der Waals surface area (Å²) in [6, 6.07) is 5.18. The molecule has 7 heteroatoms. The highest BCUT2D eigenvalue weighted by molar-refractivity contribution is 5.95. The van der Waals surface area contributed by atoms with Crippen LogP contribution >= 0.6 is 0 Å². The number of aryl methyl sites for hydroxylation is 1. The van der Waals surface area contributed by atoms with E-state index in [2.05, 4.69) is 10.2 Å². The highest BCUT2D eigenvalue weighted by atomic mass is 16.5. The fourth-order valence-electron chi connectivity index (χ4n) is 2.59. The maximum absolute atomic E-state index is 12.7. The van der Waals surface area contributed by atoms with Gasteiger partial charge in [-0.3, -0.25) is 4.79 Å². The van der Waals surface area contributed by atoms with Gasteiger partial charge in [0, 0.05) is 24.7 Å². The second-order valence-corrected chi connectivity index (χ2v) is 5.14. The van der Waals surface area contributed by atoms with Crippen LogP contribution in [-0.2, 0) is 13.1 Å². The van der Waals surface area contributed by atoms with E-state index in [-0.39, 0.29) is 5.91 Å². The van der Waals surface area contributed by atoms with E-state index in [1.54, 1.807) is 37.3 Å². The number of carbonyl (C=O) groups is 1. The second-order valence-electron chi connectivity index (χ2n) is 5.14. The van der Waals surface area contributed by atoms with E-state index in [0.29, 0.717) is 36.7 Å². The highest BCUT2D eigenvalue weighted by Gasteiger charge is 2.24. The molecule has 0 atom stereocenters. The standard InChI is InChI=1S/C15H18N4O3/c1-10-16-17-14-9-18(4-5-19(10)14)15(20)11-6-12(21-2)8-13(7-11)22-3/h6-8H,4-5,9H2,1-3H3. The molecule has 7 nitrogen and oxygen atoms in total. The molecule has 22 heavy (non-hydrogen) atoms. The third-order valence-corrected chi connectivity index (χ3v) is 3.82. The molecule has 2 aromatic rings. The van der Waals surface area contributed by atoms with Crippen molar-refractivity contribution in [2.24, 2.45) is 0 Å². The molecule has 116 valence electrons. The van der Waals surface area contributed by atoms with Crippen molar-refractivity contribution in [3.05, 3.63) is 35.4 Å². The van der Waals surface area contributed by atoms with Crippen LogP contribution in [0.25, 0.3) is 0 Å². The minimum Gasteiger partial charge on any atom is -0.497 e. The molecule has 0 saturated carbocycles. The maximum Gasteiger partial charge on any atom is 0.254 e. The normalized spacial score (nSPS) is 13.7. The van der Waals surface area contributed by atoms with Crippen molar-refractivity contribution in [1.29, 1.82) is 0 Å². The number of carbonyl (C=O) groups excluding carboxylic acids is 1. The molecule has 3 rings (SSSR count). The van der Waals surface area contributed by atoms with Gasteiger partial charge < -0.3 is 18.9 Å². The molecule has 0 radical (unpaired) electrons. The molecule has 0 unspecified atom stereocenters. The van der Waals surface area contributed by atoms with E-state index in [0.717, 1.165) is 11.6 Å². The lowest BCUT2D eigenvalue weighted by Gasteiger charge is -2.27. The molecular formula is C15H18N4O3. The van der Waals surface area contributed by atoms with Crippen molar-refractivity contribution in [2.45, 2.75) is 20.0 Å². The first-order valence-corrected chi connectivity index (χ1v) is 7.03. The van der Waals surface area contributed by atoms with Crippen LogP contribution in [0.5, 0.6) is 11.5 Å². The fraction of sp³-hybridized carbons (Fsp3) is 0.400. The number of hydrogen-bond donors (Lipinski definition) is 0. The van der Waals surface area contributed by atoms with Gasteiger partial charge in [0.25, 0.3) is 5.91 Å². The predicted octanol–water partition coefficient (Wildman–Crippen LogP) is 1.26. The molecule has 0 bridgehead atoms. The lowest BCUT2D eigenvalue weighted by Crippen LogP contribution is -2.38. The number of rotatable bonds is 3. The van der Waals surface area contributed by atoms with Crippen molar-refractivity contribution in [1.82, 2.24) is 19.7 Å². The van der Waals surface area contributed by atoms with Gasteiger partial charge in [0.15, 0.2) is 5.82 Å². The average Bonchev–Trinajstić information content (AvgIpc) is 2.94. The quantitative estimate of drug-likeness (QED) is 0.853. The molecule has 0 saturated heterocycles. The molecule has 0 spiro atoms. The highest BCUT2D eigenvalue weighted by Crippen LogP contribution is 2.24. The minimum absolute atomic E-state index is 0.0656. The lowest BCUT2D eigenvalue weighted by molar-refractivity contribution is 0.0706. The van der Waals surface area contributed by atoms with Crippen LogP contribution in [-0.4, -0.2) is 46.3 Å². The SMILES string of the molecule is COc1cc(OC)cc(C(=O)N2CCn3c(C)nnc3C2)c1. The number of nitrogens with zero attached hydrogens (tertiary/aromatic N) is 4. The number of aromatic nitrogens is 3. The zero-order valence-corrected chi connectivity index (χ0v) is 12.9. The van der Waals surface area contributed by atoms with E-state index < -0.39 is 0 Å². The Labute approximate surface area is 128 Å². The summed E-state index contributed by atoms with van der Waals surface area (Å²) in [6.07, 6.45) is 0. The summed E-state index contributed by atoms with van der Waals surface area (Å²) in [5.74, 6) is 2.82. The molecule has 0 fully saturated rings. The van der Waals surface area contributed by atoms with Crippen LogP contribution < -0.4 is 9.47 Å². The van der Waals surface area contributed by atoms with Gasteiger partial charge in [-0.25, -0.2) is 0 Å². The molecule has 1 aliphatic rings. The Bertz CT molecular complexity index is 689. The summed E-state index contributed by atoms with van der Waals surface area (Å²) in [4.78, 5) is 14.5. The zero-order valence-electron chi connectivity index (χ0n) is 12.9. The Morgan fingerprint density at radius 2 is 1.77 bits per heavy atom. The summed E-state index contributed by atoms with van der Waals surface area (Å²) in [6.45, 7) is 3.71. The summed E-state index contributed by atoms with van der Waals surface area (Å²) in [5.41, 5.74) is 0.542. The number of amides is 1. The number of methoxy groups -OCH3 is 2. The van der Waals surface area contributed by atoms with Crippen LogP contribution in [0.2, 0.25) is 0 Å². The zero-order chi connectivity index (χ0) is 15.7. The average molecular weight is 302 g/mol. The van der Waals surface area contributed by atoms with E-state index >= 15 is 0 Å². The lowest BCUT2D eigenvalue weighted by atomic mass is 10.1. The first-order chi connectivity index (χ1) is 10.6. The number of ether oxygens (including phenoxy) is 2. The van der Waals surface area contributed by atoms with Crippen LogP contribution in [0.4, 0.5) is 0 Å². The summed E-state index contributed by atoms with van der Waals surface area (Å²) >= 11 is 0. The van der Waals surface area contributed by atoms with Gasteiger partial charge in [-0.05, 0) is 19.1 Å². The Morgan fingerprint density at radius 1 is 1.09 bits per heavy atom. The third-order valence-electron chi connectivity index (χ3n) is 3.82. The van der Waals surface area contributed by atoms with Crippen molar-refractivity contribution < 1.29 is 14.3 Å². The van der Waals surface area contributed by atoms with Crippen molar-refractivity contribution in [3.8, 4) is 11.5 Å². The molecule has 1 amide bonds. The van der Waals surface area contributed by atoms with Crippen molar-refractivity contribution >= 4 is 5.91 Å².